The van der Waals surface area contributed by atoms with Gasteiger partial charge in [-0.1, -0.05) is 19.8 Å². The molecule has 1 fully saturated rings. The van der Waals surface area contributed by atoms with E-state index < -0.39 is 0 Å². The summed E-state index contributed by atoms with van der Waals surface area (Å²) in [5.41, 5.74) is 0. The molecule has 0 aromatic carbocycles. The monoisotopic (exact) mass is 140 g/mol. The summed E-state index contributed by atoms with van der Waals surface area (Å²) in [5, 5.41) is 0. The van der Waals surface area contributed by atoms with Crippen LogP contribution in [-0.4, -0.2) is 5.78 Å². The summed E-state index contributed by atoms with van der Waals surface area (Å²) in [6.07, 6.45) is 6.64. The lowest BCUT2D eigenvalue weighted by Crippen LogP contribution is -2.14. The van der Waals surface area contributed by atoms with Gasteiger partial charge in [-0.25, -0.2) is 0 Å². The van der Waals surface area contributed by atoms with E-state index in [1.165, 1.54) is 19.3 Å². The van der Waals surface area contributed by atoms with Crippen LogP contribution in [0.4, 0.5) is 0 Å². The van der Waals surface area contributed by atoms with E-state index in [2.05, 4.69) is 6.92 Å². The fourth-order valence-electron chi connectivity index (χ4n) is 1.77. The number of hydrogen-bond donors (Lipinski definition) is 0. The molecule has 0 bridgehead atoms. The van der Waals surface area contributed by atoms with Crippen molar-refractivity contribution in [2.45, 2.75) is 45.4 Å². The van der Waals surface area contributed by atoms with Crippen molar-refractivity contribution in [1.29, 1.82) is 0 Å². The zero-order chi connectivity index (χ0) is 7.40. The van der Waals surface area contributed by atoms with E-state index >= 15 is 0 Å². The van der Waals surface area contributed by atoms with Crippen molar-refractivity contribution in [3.63, 3.8) is 0 Å². The molecule has 0 spiro atoms. The second kappa shape index (κ2) is 3.75. The van der Waals surface area contributed by atoms with Gasteiger partial charge in [0.25, 0.3) is 0 Å². The summed E-state index contributed by atoms with van der Waals surface area (Å²) >= 11 is 0. The maximum atomic E-state index is 10.9. The Morgan fingerprint density at radius 3 is 3.00 bits per heavy atom. The average Bonchev–Trinajstić information content (AvgIpc) is 1.88. The molecule has 1 unspecified atom stereocenters. The minimum atomic E-state index is 0.490. The van der Waals surface area contributed by atoms with Gasteiger partial charge in [0.1, 0.15) is 5.78 Å². The number of Topliss-reactive ketones (excluding diaryl/α,β-unsaturated/α-hetero) is 1. The summed E-state index contributed by atoms with van der Waals surface area (Å²) in [6.45, 7) is 2.19. The predicted molar refractivity (Wildman–Crippen MR) is 41.9 cm³/mol. The highest BCUT2D eigenvalue weighted by molar-refractivity contribution is 5.79. The van der Waals surface area contributed by atoms with Crippen LogP contribution in [0.25, 0.3) is 0 Å². The Morgan fingerprint density at radius 2 is 2.40 bits per heavy atom. The van der Waals surface area contributed by atoms with E-state index in [0.717, 1.165) is 25.2 Å². The normalized spacial score (nSPS) is 26.9. The molecule has 1 rings (SSSR count). The van der Waals surface area contributed by atoms with Gasteiger partial charge < -0.3 is 0 Å². The van der Waals surface area contributed by atoms with Crippen molar-refractivity contribution in [1.82, 2.24) is 0 Å². The Bertz CT molecular complexity index is 116. The van der Waals surface area contributed by atoms with Crippen molar-refractivity contribution in [3.05, 3.63) is 0 Å². The van der Waals surface area contributed by atoms with Crippen LogP contribution in [0.1, 0.15) is 45.4 Å². The Balaban J connectivity index is 2.25. The molecule has 1 nitrogen and oxygen atoms in total. The van der Waals surface area contributed by atoms with E-state index in [4.69, 9.17) is 0 Å². The molecule has 1 heteroatoms. The number of carbonyl (C=O) groups excluding carboxylic acids is 1. The first kappa shape index (κ1) is 7.77. The number of hydrogen-bond acceptors (Lipinski definition) is 1. The SMILES string of the molecule is CCCC1CCCC(=O)C1. The highest BCUT2D eigenvalue weighted by Gasteiger charge is 2.17. The number of carbonyl (C=O) groups is 1. The molecule has 1 saturated carbocycles. The zero-order valence-corrected chi connectivity index (χ0v) is 6.73. The molecule has 1 aliphatic carbocycles. The van der Waals surface area contributed by atoms with E-state index in [9.17, 15) is 4.79 Å². The first-order valence-electron chi connectivity index (χ1n) is 4.34. The Morgan fingerprint density at radius 1 is 1.60 bits per heavy atom. The molecule has 10 heavy (non-hydrogen) atoms. The van der Waals surface area contributed by atoms with Crippen LogP contribution in [0.5, 0.6) is 0 Å². The highest BCUT2D eigenvalue weighted by Crippen LogP contribution is 2.24. The van der Waals surface area contributed by atoms with E-state index in [1.807, 2.05) is 0 Å². The third kappa shape index (κ3) is 2.13. The first-order chi connectivity index (χ1) is 4.83. The van der Waals surface area contributed by atoms with E-state index in [1.54, 1.807) is 0 Å². The summed E-state index contributed by atoms with van der Waals surface area (Å²) in [7, 11) is 0. The van der Waals surface area contributed by atoms with Crippen LogP contribution >= 0.6 is 0 Å². The lowest BCUT2D eigenvalue weighted by atomic mass is 9.85. The molecule has 1 aliphatic rings. The summed E-state index contributed by atoms with van der Waals surface area (Å²) in [4.78, 5) is 10.9. The second-order valence-corrected chi connectivity index (χ2v) is 3.29. The molecule has 0 radical (unpaired) electrons. The molecule has 0 saturated heterocycles. The fourth-order valence-corrected chi connectivity index (χ4v) is 1.77. The Hall–Kier alpha value is -0.330. The van der Waals surface area contributed by atoms with Crippen LogP contribution in [0.15, 0.2) is 0 Å². The van der Waals surface area contributed by atoms with Crippen LogP contribution < -0.4 is 0 Å². The summed E-state index contributed by atoms with van der Waals surface area (Å²) in [6, 6.07) is 0. The van der Waals surface area contributed by atoms with Gasteiger partial charge in [0, 0.05) is 12.8 Å². The Labute approximate surface area is 62.8 Å². The largest absolute Gasteiger partial charge is 0.300 e. The lowest BCUT2D eigenvalue weighted by molar-refractivity contribution is -0.121. The van der Waals surface area contributed by atoms with Crippen LogP contribution in [0, 0.1) is 5.92 Å². The van der Waals surface area contributed by atoms with Gasteiger partial charge in [-0.05, 0) is 18.8 Å². The molecule has 0 aromatic rings. The molecule has 0 aromatic heterocycles. The number of ketones is 1. The minimum Gasteiger partial charge on any atom is -0.300 e. The third-order valence-electron chi connectivity index (χ3n) is 2.28. The standard InChI is InChI=1S/C9H16O/c1-2-4-8-5-3-6-9(10)7-8/h8H,2-7H2,1H3. The topological polar surface area (TPSA) is 17.1 Å². The van der Waals surface area contributed by atoms with Crippen molar-refractivity contribution in [2.75, 3.05) is 0 Å². The molecular weight excluding hydrogens is 124 g/mol. The maximum absolute atomic E-state index is 10.9. The van der Waals surface area contributed by atoms with Gasteiger partial charge in [0.2, 0.25) is 0 Å². The van der Waals surface area contributed by atoms with Crippen LogP contribution in [-0.2, 0) is 4.79 Å². The molecule has 0 amide bonds. The van der Waals surface area contributed by atoms with Crippen molar-refractivity contribution >= 4 is 5.78 Å². The fraction of sp³-hybridized carbons (Fsp3) is 0.889. The predicted octanol–water partition coefficient (Wildman–Crippen LogP) is 2.55. The van der Waals surface area contributed by atoms with Crippen molar-refractivity contribution < 1.29 is 4.79 Å². The average molecular weight is 140 g/mol. The van der Waals surface area contributed by atoms with Crippen molar-refractivity contribution in [3.8, 4) is 0 Å². The van der Waals surface area contributed by atoms with Crippen LogP contribution in [0.3, 0.4) is 0 Å². The lowest BCUT2D eigenvalue weighted by Gasteiger charge is -2.19. The van der Waals surface area contributed by atoms with Gasteiger partial charge in [-0.3, -0.25) is 4.79 Å². The summed E-state index contributed by atoms with van der Waals surface area (Å²) < 4.78 is 0. The smallest absolute Gasteiger partial charge is 0.133 e. The highest BCUT2D eigenvalue weighted by atomic mass is 16.1. The third-order valence-corrected chi connectivity index (χ3v) is 2.28. The maximum Gasteiger partial charge on any atom is 0.133 e. The summed E-state index contributed by atoms with van der Waals surface area (Å²) in [5.74, 6) is 1.22. The molecule has 0 aliphatic heterocycles. The minimum absolute atomic E-state index is 0.490. The van der Waals surface area contributed by atoms with E-state index in [-0.39, 0.29) is 0 Å². The van der Waals surface area contributed by atoms with Gasteiger partial charge in [-0.2, -0.15) is 0 Å². The molecule has 1 atom stereocenters. The first-order valence-corrected chi connectivity index (χ1v) is 4.34. The van der Waals surface area contributed by atoms with E-state index in [0.29, 0.717) is 5.78 Å². The molecular formula is C9H16O. The van der Waals surface area contributed by atoms with Crippen molar-refractivity contribution in [2.24, 2.45) is 5.92 Å². The van der Waals surface area contributed by atoms with Gasteiger partial charge >= 0.3 is 0 Å². The number of rotatable bonds is 2. The van der Waals surface area contributed by atoms with Gasteiger partial charge in [0.15, 0.2) is 0 Å². The van der Waals surface area contributed by atoms with Crippen LogP contribution in [0.2, 0.25) is 0 Å². The molecule has 58 valence electrons. The quantitative estimate of drug-likeness (QED) is 0.576. The second-order valence-electron chi connectivity index (χ2n) is 3.29. The van der Waals surface area contributed by atoms with Gasteiger partial charge in [0.05, 0.1) is 0 Å². The molecule has 0 N–H and O–H groups in total. The molecule has 0 heterocycles. The zero-order valence-electron chi connectivity index (χ0n) is 6.73. The van der Waals surface area contributed by atoms with Gasteiger partial charge in [-0.15, -0.1) is 0 Å². The Kier molecular flexibility index (Phi) is 2.91.